The molecule has 1 aliphatic rings. The molecule has 21 heavy (non-hydrogen) atoms. The van der Waals surface area contributed by atoms with Crippen LogP contribution in [0.3, 0.4) is 0 Å². The summed E-state index contributed by atoms with van der Waals surface area (Å²) in [4.78, 5) is 14.4. The zero-order chi connectivity index (χ0) is 15.3. The topological polar surface area (TPSA) is 106 Å². The number of rotatable bonds is 7. The van der Waals surface area contributed by atoms with Crippen LogP contribution in [0, 0.1) is 0 Å². The van der Waals surface area contributed by atoms with Crippen LogP contribution in [0.2, 0.25) is 0 Å². The van der Waals surface area contributed by atoms with Crippen molar-refractivity contribution in [2.45, 2.75) is 42.4 Å². The van der Waals surface area contributed by atoms with Crippen molar-refractivity contribution in [1.29, 1.82) is 0 Å². The molecule has 0 bridgehead atoms. The van der Waals surface area contributed by atoms with Gasteiger partial charge in [0, 0.05) is 6.54 Å². The number of nitrogens with one attached hydrogen (secondary N) is 1. The minimum Gasteiger partial charge on any atom is -0.476 e. The van der Waals surface area contributed by atoms with Crippen LogP contribution in [0.1, 0.15) is 42.6 Å². The molecule has 0 aromatic carbocycles. The molecule has 7 nitrogen and oxygen atoms in total. The number of hydrogen-bond acceptors (Lipinski definition) is 6. The van der Waals surface area contributed by atoms with Crippen molar-refractivity contribution in [3.05, 3.63) is 11.2 Å². The van der Waals surface area contributed by atoms with Crippen LogP contribution in [-0.2, 0) is 14.8 Å². The first-order chi connectivity index (χ1) is 10.0. The van der Waals surface area contributed by atoms with Crippen LogP contribution in [0.5, 0.6) is 0 Å². The molecule has 1 fully saturated rings. The first-order valence-corrected chi connectivity index (χ1v) is 9.15. The Morgan fingerprint density at radius 1 is 1.43 bits per heavy atom. The molecule has 2 rings (SSSR count). The third-order valence-corrected chi connectivity index (χ3v) is 6.11. The van der Waals surface area contributed by atoms with E-state index >= 15 is 0 Å². The summed E-state index contributed by atoms with van der Waals surface area (Å²) in [6.07, 6.45) is 5.78. The Bertz CT molecular complexity index is 578. The number of carbonyl (C=O) groups is 1. The van der Waals surface area contributed by atoms with Gasteiger partial charge in [-0.3, -0.25) is 0 Å². The van der Waals surface area contributed by atoms with Gasteiger partial charge in [0.25, 0.3) is 10.0 Å². The van der Waals surface area contributed by atoms with Gasteiger partial charge in [0.2, 0.25) is 0 Å². The standard InChI is InChI=1S/C12H18N2O5S2/c15-11(16)10-12(20-8-13-10)21(17,18)14-6-7-19-9-4-2-1-3-5-9/h8-9,14H,1-7H2,(H,15,16). The number of nitrogens with zero attached hydrogens (tertiary/aromatic N) is 1. The lowest BCUT2D eigenvalue weighted by molar-refractivity contribution is 0.0321. The van der Waals surface area contributed by atoms with Crippen molar-refractivity contribution < 1.29 is 23.1 Å². The first-order valence-electron chi connectivity index (χ1n) is 6.79. The molecule has 0 saturated heterocycles. The van der Waals surface area contributed by atoms with Crippen molar-refractivity contribution in [3.63, 3.8) is 0 Å². The van der Waals surface area contributed by atoms with Gasteiger partial charge >= 0.3 is 5.97 Å². The smallest absolute Gasteiger partial charge is 0.356 e. The number of aromatic carboxylic acids is 1. The Labute approximate surface area is 127 Å². The van der Waals surface area contributed by atoms with Gasteiger partial charge in [0.1, 0.15) is 0 Å². The maximum Gasteiger partial charge on any atom is 0.356 e. The number of aromatic nitrogens is 1. The Morgan fingerprint density at radius 2 is 2.14 bits per heavy atom. The monoisotopic (exact) mass is 334 g/mol. The Hall–Kier alpha value is -1.03. The highest BCUT2D eigenvalue weighted by molar-refractivity contribution is 7.91. The maximum atomic E-state index is 12.0. The van der Waals surface area contributed by atoms with Crippen molar-refractivity contribution in [2.75, 3.05) is 13.2 Å². The van der Waals surface area contributed by atoms with Gasteiger partial charge in [-0.25, -0.2) is 22.9 Å². The molecular weight excluding hydrogens is 316 g/mol. The summed E-state index contributed by atoms with van der Waals surface area (Å²) in [5.41, 5.74) is 0.761. The van der Waals surface area contributed by atoms with E-state index in [9.17, 15) is 13.2 Å². The molecular formula is C12H18N2O5S2. The lowest BCUT2D eigenvalue weighted by atomic mass is 9.98. The maximum absolute atomic E-state index is 12.0. The molecule has 1 heterocycles. The molecule has 9 heteroatoms. The highest BCUT2D eigenvalue weighted by atomic mass is 32.2. The summed E-state index contributed by atoms with van der Waals surface area (Å²) in [6.45, 7) is 0.404. The second-order valence-corrected chi connectivity index (χ2v) is 7.64. The van der Waals surface area contributed by atoms with Gasteiger partial charge in [-0.1, -0.05) is 19.3 Å². The quantitative estimate of drug-likeness (QED) is 0.732. The summed E-state index contributed by atoms with van der Waals surface area (Å²) in [7, 11) is -3.85. The number of sulfonamides is 1. The summed E-state index contributed by atoms with van der Waals surface area (Å²) in [6, 6.07) is 0. The minimum absolute atomic E-state index is 0.121. The Morgan fingerprint density at radius 3 is 2.81 bits per heavy atom. The fourth-order valence-corrected chi connectivity index (χ4v) is 4.46. The normalized spacial score (nSPS) is 17.0. The number of hydrogen-bond donors (Lipinski definition) is 2. The van der Waals surface area contributed by atoms with E-state index in [4.69, 9.17) is 9.84 Å². The highest BCUT2D eigenvalue weighted by Crippen LogP contribution is 2.21. The summed E-state index contributed by atoms with van der Waals surface area (Å²) < 4.78 is 31.7. The fraction of sp³-hybridized carbons (Fsp3) is 0.667. The van der Waals surface area contributed by atoms with Gasteiger partial charge in [-0.15, -0.1) is 11.3 Å². The summed E-state index contributed by atoms with van der Waals surface area (Å²) in [5.74, 6) is -1.35. The average molecular weight is 334 g/mol. The fourth-order valence-electron chi connectivity index (χ4n) is 2.27. The second-order valence-electron chi connectivity index (χ2n) is 4.82. The van der Waals surface area contributed by atoms with Gasteiger partial charge in [0.15, 0.2) is 9.90 Å². The molecule has 0 amide bonds. The van der Waals surface area contributed by atoms with Crippen molar-refractivity contribution >= 4 is 27.3 Å². The van der Waals surface area contributed by atoms with Crippen LogP contribution in [0.15, 0.2) is 9.72 Å². The van der Waals surface area contributed by atoms with E-state index < -0.39 is 21.7 Å². The SMILES string of the molecule is O=C(O)c1ncsc1S(=O)(=O)NCCOC1CCCCC1. The van der Waals surface area contributed by atoms with Crippen LogP contribution in [-0.4, -0.2) is 43.7 Å². The van der Waals surface area contributed by atoms with E-state index in [-0.39, 0.29) is 23.5 Å². The average Bonchev–Trinajstić information content (AvgIpc) is 2.95. The van der Waals surface area contributed by atoms with Crippen LogP contribution in [0.4, 0.5) is 0 Å². The van der Waals surface area contributed by atoms with Gasteiger partial charge in [-0.05, 0) is 12.8 Å². The molecule has 1 aromatic heterocycles. The molecule has 0 atom stereocenters. The third kappa shape index (κ3) is 4.47. The number of ether oxygens (including phenoxy) is 1. The lowest BCUT2D eigenvalue weighted by Crippen LogP contribution is -2.30. The molecule has 0 unspecified atom stereocenters. The van der Waals surface area contributed by atoms with E-state index in [0.717, 1.165) is 37.0 Å². The first kappa shape index (κ1) is 16.3. The molecule has 2 N–H and O–H groups in total. The molecule has 0 spiro atoms. The summed E-state index contributed by atoms with van der Waals surface area (Å²) >= 11 is 0.788. The number of carboxylic acid groups (broad SMARTS) is 1. The predicted molar refractivity (Wildman–Crippen MR) is 77.1 cm³/mol. The predicted octanol–water partition coefficient (Wildman–Crippen LogP) is 1.47. The summed E-state index contributed by atoms with van der Waals surface area (Å²) in [5, 5.41) is 8.89. The number of thiazole rings is 1. The van der Waals surface area contributed by atoms with Crippen LogP contribution in [0.25, 0.3) is 0 Å². The molecule has 0 aliphatic heterocycles. The van der Waals surface area contributed by atoms with Crippen molar-refractivity contribution in [2.24, 2.45) is 0 Å². The molecule has 0 radical (unpaired) electrons. The van der Waals surface area contributed by atoms with E-state index in [1.54, 1.807) is 0 Å². The van der Waals surface area contributed by atoms with Crippen LogP contribution < -0.4 is 4.72 Å². The van der Waals surface area contributed by atoms with Gasteiger partial charge in [0.05, 0.1) is 18.2 Å². The van der Waals surface area contributed by atoms with Crippen molar-refractivity contribution in [1.82, 2.24) is 9.71 Å². The zero-order valence-electron chi connectivity index (χ0n) is 11.4. The third-order valence-electron chi connectivity index (χ3n) is 3.28. The molecule has 1 saturated carbocycles. The van der Waals surface area contributed by atoms with E-state index in [2.05, 4.69) is 9.71 Å². The van der Waals surface area contributed by atoms with Crippen molar-refractivity contribution in [3.8, 4) is 0 Å². The Kier molecular flexibility index (Phi) is 5.68. The number of carboxylic acids is 1. The largest absolute Gasteiger partial charge is 0.476 e. The zero-order valence-corrected chi connectivity index (χ0v) is 13.1. The minimum atomic E-state index is -3.85. The second kappa shape index (κ2) is 7.30. The van der Waals surface area contributed by atoms with Gasteiger partial charge in [-0.2, -0.15) is 0 Å². The van der Waals surface area contributed by atoms with Gasteiger partial charge < -0.3 is 9.84 Å². The molecule has 1 aliphatic carbocycles. The molecule has 1 aromatic rings. The molecule has 118 valence electrons. The lowest BCUT2D eigenvalue weighted by Gasteiger charge is -2.21. The van der Waals surface area contributed by atoms with E-state index in [1.807, 2.05) is 0 Å². The highest BCUT2D eigenvalue weighted by Gasteiger charge is 2.25. The Balaban J connectivity index is 1.83. The van der Waals surface area contributed by atoms with E-state index in [1.165, 1.54) is 11.9 Å². The van der Waals surface area contributed by atoms with Crippen LogP contribution >= 0.6 is 11.3 Å². The van der Waals surface area contributed by atoms with E-state index in [0.29, 0.717) is 0 Å².